The molecule has 2 saturated heterocycles. The summed E-state index contributed by atoms with van der Waals surface area (Å²) >= 11 is 1.61. The summed E-state index contributed by atoms with van der Waals surface area (Å²) in [5, 5.41) is 10.7. The van der Waals surface area contributed by atoms with Crippen molar-refractivity contribution < 1.29 is 4.74 Å². The van der Waals surface area contributed by atoms with Crippen LogP contribution in [0.25, 0.3) is 21.9 Å². The number of aromatic amines is 1. The zero-order chi connectivity index (χ0) is 24.3. The molecule has 10 nitrogen and oxygen atoms in total. The maximum atomic E-state index is 6.49. The first-order valence-electron chi connectivity index (χ1n) is 12.6. The molecule has 1 spiro atoms. The van der Waals surface area contributed by atoms with Gasteiger partial charge < -0.3 is 20.3 Å². The topological polar surface area (TPSA) is 122 Å². The third kappa shape index (κ3) is 4.04. The molecule has 12 heteroatoms. The predicted octanol–water partition coefficient (Wildman–Crippen LogP) is 3.71. The van der Waals surface area contributed by atoms with Crippen LogP contribution in [0.15, 0.2) is 29.9 Å². The number of piperidine rings is 1. The Labute approximate surface area is 225 Å². The van der Waals surface area contributed by atoms with Crippen molar-refractivity contribution in [1.82, 2.24) is 30.1 Å². The van der Waals surface area contributed by atoms with E-state index in [1.807, 2.05) is 23.8 Å². The first kappa shape index (κ1) is 24.5. The monoisotopic (exact) mass is 539 g/mol. The average molecular weight is 540 g/mol. The van der Waals surface area contributed by atoms with E-state index in [0.717, 1.165) is 91.2 Å². The number of hydrogen-bond acceptors (Lipinski definition) is 10. The molecule has 7 heterocycles. The summed E-state index contributed by atoms with van der Waals surface area (Å²) < 4.78 is 5.87. The highest BCUT2D eigenvalue weighted by Gasteiger charge is 2.47. The fourth-order valence-electron chi connectivity index (χ4n) is 5.91. The van der Waals surface area contributed by atoms with Crippen molar-refractivity contribution in [3.8, 4) is 10.7 Å². The van der Waals surface area contributed by atoms with Crippen molar-refractivity contribution in [3.05, 3.63) is 35.6 Å². The molecule has 0 aliphatic carbocycles. The fraction of sp³-hybridized carbons (Fsp3) is 0.480. The number of nitrogens with one attached hydrogen (secondary N) is 1. The van der Waals surface area contributed by atoms with Gasteiger partial charge in [0.1, 0.15) is 10.8 Å². The molecule has 2 fully saturated rings. The Bertz CT molecular complexity index is 1400. The molecular weight excluding hydrogens is 510 g/mol. The lowest BCUT2D eigenvalue weighted by Crippen LogP contribution is -2.50. The number of nitrogens with two attached hydrogens (primary N) is 1. The summed E-state index contributed by atoms with van der Waals surface area (Å²) in [6.07, 6.45) is 7.78. The zero-order valence-corrected chi connectivity index (χ0v) is 22.3. The number of pyridine rings is 1. The van der Waals surface area contributed by atoms with Gasteiger partial charge in [0.05, 0.1) is 36.0 Å². The van der Waals surface area contributed by atoms with Crippen molar-refractivity contribution in [2.45, 2.75) is 44.8 Å². The number of ether oxygens (including phenoxy) is 1. The van der Waals surface area contributed by atoms with Gasteiger partial charge in [-0.15, -0.1) is 23.7 Å². The van der Waals surface area contributed by atoms with Gasteiger partial charge >= 0.3 is 0 Å². The standard InChI is InChI=1S/C25H29N9OS.ClH/c1-15-21(26)25(14-35-15)6-10-33(11-7-25)19-13-28-20-22(30-19)31-32-23(20)34-9-2-3-16-18(34)5-4-17(29-16)24-27-8-12-36-24;/h4-5,8,12-13,15,21H,2-3,6-7,9-11,14,26H2,1H3,(H,30,31,32);1H/t15-,21+;/m0./s1. The van der Waals surface area contributed by atoms with Crippen molar-refractivity contribution in [3.63, 3.8) is 0 Å². The second kappa shape index (κ2) is 9.46. The van der Waals surface area contributed by atoms with Crippen LogP contribution in [0.5, 0.6) is 0 Å². The minimum Gasteiger partial charge on any atom is -0.376 e. The van der Waals surface area contributed by atoms with E-state index in [2.05, 4.69) is 38.0 Å². The Morgan fingerprint density at radius 1 is 1.16 bits per heavy atom. The molecule has 0 unspecified atom stereocenters. The van der Waals surface area contributed by atoms with E-state index in [-0.39, 0.29) is 30.0 Å². The largest absolute Gasteiger partial charge is 0.376 e. The molecule has 37 heavy (non-hydrogen) atoms. The van der Waals surface area contributed by atoms with Gasteiger partial charge in [0, 0.05) is 42.7 Å². The minimum absolute atomic E-state index is 0. The Morgan fingerprint density at radius 3 is 2.78 bits per heavy atom. The molecule has 4 aromatic rings. The SMILES string of the molecule is C[C@@H]1OCC2(CCN(c3cnc4c(N5CCCc6nc(-c7nccs7)ccc65)n[nH]c4n3)CC2)[C@@H]1N.Cl. The molecule has 0 saturated carbocycles. The van der Waals surface area contributed by atoms with Crippen LogP contribution in [0, 0.1) is 5.41 Å². The number of thiazole rings is 1. The maximum Gasteiger partial charge on any atom is 0.183 e. The summed E-state index contributed by atoms with van der Waals surface area (Å²) in [4.78, 5) is 23.6. The molecule has 3 aliphatic heterocycles. The molecule has 3 N–H and O–H groups in total. The summed E-state index contributed by atoms with van der Waals surface area (Å²) in [5.41, 5.74) is 11.1. The van der Waals surface area contributed by atoms with Crippen LogP contribution in [-0.4, -0.2) is 68.5 Å². The van der Waals surface area contributed by atoms with Gasteiger partial charge in [0.15, 0.2) is 17.0 Å². The average Bonchev–Trinajstić information content (AvgIpc) is 3.66. The van der Waals surface area contributed by atoms with Gasteiger partial charge in [-0.25, -0.2) is 19.9 Å². The number of anilines is 3. The lowest BCUT2D eigenvalue weighted by molar-refractivity contribution is 0.0974. The lowest BCUT2D eigenvalue weighted by Gasteiger charge is -2.41. The second-order valence-corrected chi connectivity index (χ2v) is 11.0. The van der Waals surface area contributed by atoms with E-state index in [9.17, 15) is 0 Å². The Morgan fingerprint density at radius 2 is 2.03 bits per heavy atom. The third-order valence-corrected chi connectivity index (χ3v) is 8.91. The van der Waals surface area contributed by atoms with Gasteiger partial charge in [-0.2, -0.15) is 5.10 Å². The number of nitrogens with zero attached hydrogens (tertiary/aromatic N) is 7. The highest BCUT2D eigenvalue weighted by Crippen LogP contribution is 2.42. The van der Waals surface area contributed by atoms with E-state index in [1.165, 1.54) is 0 Å². The van der Waals surface area contributed by atoms with Gasteiger partial charge in [0.2, 0.25) is 0 Å². The Kier molecular flexibility index (Phi) is 6.26. The van der Waals surface area contributed by atoms with Crippen LogP contribution in [0.3, 0.4) is 0 Å². The molecule has 4 aromatic heterocycles. The number of aryl methyl sites for hydroxylation is 1. The molecule has 194 valence electrons. The van der Waals surface area contributed by atoms with Gasteiger partial charge in [-0.1, -0.05) is 0 Å². The normalized spacial score (nSPS) is 22.9. The van der Waals surface area contributed by atoms with Crippen molar-refractivity contribution in [2.75, 3.05) is 36.0 Å². The maximum absolute atomic E-state index is 6.49. The number of aromatic nitrogens is 6. The molecule has 0 aromatic carbocycles. The van der Waals surface area contributed by atoms with Gasteiger partial charge in [-0.3, -0.25) is 5.10 Å². The first-order chi connectivity index (χ1) is 17.6. The second-order valence-electron chi connectivity index (χ2n) is 10.1. The summed E-state index contributed by atoms with van der Waals surface area (Å²) in [6, 6.07) is 4.27. The molecular formula is C25H30ClN9OS. The van der Waals surface area contributed by atoms with Gasteiger partial charge in [0.25, 0.3) is 0 Å². The fourth-order valence-corrected chi connectivity index (χ4v) is 6.52. The number of fused-ring (bicyclic) bond motifs is 2. The van der Waals surface area contributed by atoms with E-state index in [0.29, 0.717) is 5.65 Å². The highest BCUT2D eigenvalue weighted by molar-refractivity contribution is 7.13. The summed E-state index contributed by atoms with van der Waals surface area (Å²) in [7, 11) is 0. The van der Waals surface area contributed by atoms with Crippen molar-refractivity contribution in [2.24, 2.45) is 11.1 Å². The van der Waals surface area contributed by atoms with E-state index in [1.54, 1.807) is 11.3 Å². The first-order valence-corrected chi connectivity index (χ1v) is 13.5. The summed E-state index contributed by atoms with van der Waals surface area (Å²) in [6.45, 7) is 5.51. The number of rotatable bonds is 3. The van der Waals surface area contributed by atoms with Crippen LogP contribution < -0.4 is 15.5 Å². The quantitative estimate of drug-likeness (QED) is 0.401. The Hall–Kier alpha value is -2.86. The highest BCUT2D eigenvalue weighted by atomic mass is 35.5. The molecule has 7 rings (SSSR count). The van der Waals surface area contributed by atoms with Crippen LogP contribution >= 0.6 is 23.7 Å². The number of H-pyrrole nitrogens is 1. The molecule has 0 bridgehead atoms. The van der Waals surface area contributed by atoms with Crippen LogP contribution in [-0.2, 0) is 11.2 Å². The lowest BCUT2D eigenvalue weighted by atomic mass is 9.73. The predicted molar refractivity (Wildman–Crippen MR) is 147 cm³/mol. The molecule has 0 radical (unpaired) electrons. The van der Waals surface area contributed by atoms with Crippen molar-refractivity contribution >= 4 is 52.2 Å². The van der Waals surface area contributed by atoms with Crippen LogP contribution in [0.4, 0.5) is 17.3 Å². The van der Waals surface area contributed by atoms with E-state index < -0.39 is 0 Å². The van der Waals surface area contributed by atoms with Crippen LogP contribution in [0.1, 0.15) is 31.9 Å². The van der Waals surface area contributed by atoms with Gasteiger partial charge in [-0.05, 0) is 44.7 Å². The molecule has 3 aliphatic rings. The Balaban J connectivity index is 0.00000252. The minimum atomic E-state index is 0. The van der Waals surface area contributed by atoms with E-state index in [4.69, 9.17) is 25.4 Å². The number of halogens is 1. The molecule has 2 atom stereocenters. The third-order valence-electron chi connectivity index (χ3n) is 8.11. The molecule has 0 amide bonds. The summed E-state index contributed by atoms with van der Waals surface area (Å²) in [5.74, 6) is 1.68. The van der Waals surface area contributed by atoms with E-state index >= 15 is 0 Å². The zero-order valence-electron chi connectivity index (χ0n) is 20.6. The number of hydrogen-bond donors (Lipinski definition) is 2. The smallest absolute Gasteiger partial charge is 0.183 e. The van der Waals surface area contributed by atoms with Crippen molar-refractivity contribution in [1.29, 1.82) is 0 Å². The van der Waals surface area contributed by atoms with Crippen LogP contribution in [0.2, 0.25) is 0 Å².